The fourth-order valence-electron chi connectivity index (χ4n) is 2.83. The maximum atomic E-state index is 5.03. The molecule has 2 atom stereocenters. The standard InChI is InChI=1S/C16H22N4O/c1-12-10-17-15(14-6-4-3-5-7-14)11-20(12)9-8-16-18-13(2)21-19-16/h3-7,12,15,17H,8-11H2,1-2H3. The van der Waals surface area contributed by atoms with Gasteiger partial charge < -0.3 is 9.84 Å². The number of aromatic nitrogens is 2. The highest BCUT2D eigenvalue weighted by molar-refractivity contribution is 5.20. The summed E-state index contributed by atoms with van der Waals surface area (Å²) in [5, 5.41) is 7.60. The SMILES string of the molecule is Cc1nc(CCN2CC(c3ccccc3)NCC2C)no1. The fraction of sp³-hybridized carbons (Fsp3) is 0.500. The van der Waals surface area contributed by atoms with E-state index in [0.29, 0.717) is 18.0 Å². The van der Waals surface area contributed by atoms with Crippen LogP contribution in [0.2, 0.25) is 0 Å². The first-order valence-electron chi connectivity index (χ1n) is 7.54. The van der Waals surface area contributed by atoms with Gasteiger partial charge in [0.25, 0.3) is 0 Å². The highest BCUT2D eigenvalue weighted by Gasteiger charge is 2.25. The van der Waals surface area contributed by atoms with E-state index in [-0.39, 0.29) is 0 Å². The van der Waals surface area contributed by atoms with Crippen LogP contribution in [-0.2, 0) is 6.42 Å². The number of hydrogen-bond donors (Lipinski definition) is 1. The monoisotopic (exact) mass is 286 g/mol. The van der Waals surface area contributed by atoms with Crippen molar-refractivity contribution in [3.05, 3.63) is 47.6 Å². The molecule has 112 valence electrons. The number of aryl methyl sites for hydroxylation is 1. The lowest BCUT2D eigenvalue weighted by molar-refractivity contribution is 0.142. The van der Waals surface area contributed by atoms with E-state index in [1.807, 2.05) is 6.92 Å². The number of nitrogens with one attached hydrogen (secondary N) is 1. The van der Waals surface area contributed by atoms with Gasteiger partial charge >= 0.3 is 0 Å². The van der Waals surface area contributed by atoms with Crippen LogP contribution in [0.25, 0.3) is 0 Å². The van der Waals surface area contributed by atoms with Gasteiger partial charge in [-0.15, -0.1) is 0 Å². The summed E-state index contributed by atoms with van der Waals surface area (Å²) in [4.78, 5) is 6.78. The molecule has 5 heteroatoms. The zero-order chi connectivity index (χ0) is 14.7. The van der Waals surface area contributed by atoms with Crippen molar-refractivity contribution in [3.63, 3.8) is 0 Å². The van der Waals surface area contributed by atoms with E-state index in [1.165, 1.54) is 5.56 Å². The van der Waals surface area contributed by atoms with E-state index < -0.39 is 0 Å². The average Bonchev–Trinajstić information content (AvgIpc) is 2.93. The lowest BCUT2D eigenvalue weighted by atomic mass is 10.0. The fourth-order valence-corrected chi connectivity index (χ4v) is 2.83. The summed E-state index contributed by atoms with van der Waals surface area (Å²) >= 11 is 0. The molecule has 2 heterocycles. The summed E-state index contributed by atoms with van der Waals surface area (Å²) in [5.41, 5.74) is 1.35. The minimum Gasteiger partial charge on any atom is -0.340 e. The Balaban J connectivity index is 1.61. The van der Waals surface area contributed by atoms with Crippen LogP contribution in [0.5, 0.6) is 0 Å². The molecule has 1 fully saturated rings. The summed E-state index contributed by atoms with van der Waals surface area (Å²) in [5.74, 6) is 1.44. The van der Waals surface area contributed by atoms with Crippen LogP contribution < -0.4 is 5.32 Å². The topological polar surface area (TPSA) is 54.2 Å². The third kappa shape index (κ3) is 3.49. The Morgan fingerprint density at radius 1 is 1.33 bits per heavy atom. The number of rotatable bonds is 4. The Kier molecular flexibility index (Phi) is 4.31. The highest BCUT2D eigenvalue weighted by Crippen LogP contribution is 2.19. The van der Waals surface area contributed by atoms with Crippen LogP contribution in [0.3, 0.4) is 0 Å². The van der Waals surface area contributed by atoms with Gasteiger partial charge in [0.05, 0.1) is 0 Å². The summed E-state index contributed by atoms with van der Waals surface area (Å²) in [7, 11) is 0. The van der Waals surface area contributed by atoms with Crippen LogP contribution in [0.1, 0.15) is 30.2 Å². The third-order valence-corrected chi connectivity index (χ3v) is 4.09. The van der Waals surface area contributed by atoms with Crippen molar-refractivity contribution in [2.24, 2.45) is 0 Å². The van der Waals surface area contributed by atoms with Gasteiger partial charge in [-0.3, -0.25) is 4.90 Å². The van der Waals surface area contributed by atoms with E-state index in [0.717, 1.165) is 31.9 Å². The molecule has 1 aromatic heterocycles. The van der Waals surface area contributed by atoms with Crippen LogP contribution >= 0.6 is 0 Å². The molecule has 0 amide bonds. The van der Waals surface area contributed by atoms with Crippen molar-refractivity contribution in [3.8, 4) is 0 Å². The van der Waals surface area contributed by atoms with E-state index in [4.69, 9.17) is 4.52 Å². The molecule has 2 unspecified atom stereocenters. The maximum absolute atomic E-state index is 5.03. The van der Waals surface area contributed by atoms with Gasteiger partial charge in [-0.2, -0.15) is 4.98 Å². The number of hydrogen-bond acceptors (Lipinski definition) is 5. The second-order valence-electron chi connectivity index (χ2n) is 5.70. The van der Waals surface area contributed by atoms with Crippen LogP contribution in [-0.4, -0.2) is 40.7 Å². The first-order valence-corrected chi connectivity index (χ1v) is 7.54. The van der Waals surface area contributed by atoms with Gasteiger partial charge in [0.1, 0.15) is 0 Å². The second-order valence-corrected chi connectivity index (χ2v) is 5.70. The largest absolute Gasteiger partial charge is 0.340 e. The van der Waals surface area contributed by atoms with E-state index in [2.05, 4.69) is 57.6 Å². The number of benzene rings is 1. The second kappa shape index (κ2) is 6.37. The lowest BCUT2D eigenvalue weighted by Gasteiger charge is -2.38. The van der Waals surface area contributed by atoms with Crippen molar-refractivity contribution in [1.29, 1.82) is 0 Å². The van der Waals surface area contributed by atoms with E-state index in [9.17, 15) is 0 Å². The van der Waals surface area contributed by atoms with Gasteiger partial charge in [0, 0.05) is 45.1 Å². The predicted molar refractivity (Wildman–Crippen MR) is 81.0 cm³/mol. The van der Waals surface area contributed by atoms with Crippen molar-refractivity contribution in [2.75, 3.05) is 19.6 Å². The molecule has 0 spiro atoms. The lowest BCUT2D eigenvalue weighted by Crippen LogP contribution is -2.51. The zero-order valence-electron chi connectivity index (χ0n) is 12.6. The molecule has 1 aliphatic heterocycles. The molecule has 0 aliphatic carbocycles. The van der Waals surface area contributed by atoms with Gasteiger partial charge in [-0.05, 0) is 12.5 Å². The Labute approximate surface area is 125 Å². The molecule has 0 saturated carbocycles. The quantitative estimate of drug-likeness (QED) is 0.931. The van der Waals surface area contributed by atoms with Gasteiger partial charge in [0.15, 0.2) is 5.82 Å². The molecular weight excluding hydrogens is 264 g/mol. The summed E-state index contributed by atoms with van der Waals surface area (Å²) < 4.78 is 5.03. The number of piperazine rings is 1. The van der Waals surface area contributed by atoms with E-state index >= 15 is 0 Å². The molecule has 21 heavy (non-hydrogen) atoms. The Hall–Kier alpha value is -1.72. The highest BCUT2D eigenvalue weighted by atomic mass is 16.5. The maximum Gasteiger partial charge on any atom is 0.223 e. The van der Waals surface area contributed by atoms with Gasteiger partial charge in [-0.1, -0.05) is 35.5 Å². The third-order valence-electron chi connectivity index (χ3n) is 4.09. The Morgan fingerprint density at radius 3 is 2.86 bits per heavy atom. The van der Waals surface area contributed by atoms with Crippen LogP contribution in [0.15, 0.2) is 34.9 Å². The molecule has 1 N–H and O–H groups in total. The number of nitrogens with zero attached hydrogens (tertiary/aromatic N) is 3. The van der Waals surface area contributed by atoms with Crippen LogP contribution in [0.4, 0.5) is 0 Å². The molecule has 2 aromatic rings. The van der Waals surface area contributed by atoms with Crippen molar-refractivity contribution >= 4 is 0 Å². The molecule has 5 nitrogen and oxygen atoms in total. The first-order chi connectivity index (χ1) is 10.2. The smallest absolute Gasteiger partial charge is 0.223 e. The van der Waals surface area contributed by atoms with Crippen molar-refractivity contribution in [1.82, 2.24) is 20.4 Å². The average molecular weight is 286 g/mol. The molecule has 1 aliphatic rings. The predicted octanol–water partition coefficient (Wildman–Crippen LogP) is 1.96. The molecule has 0 radical (unpaired) electrons. The molecule has 1 saturated heterocycles. The van der Waals surface area contributed by atoms with Crippen molar-refractivity contribution < 1.29 is 4.52 Å². The molecule has 1 aromatic carbocycles. The Bertz CT molecular complexity index is 569. The minimum atomic E-state index is 0.398. The molecule has 3 rings (SSSR count). The Morgan fingerprint density at radius 2 is 2.14 bits per heavy atom. The molecule has 0 bridgehead atoms. The van der Waals surface area contributed by atoms with Gasteiger partial charge in [0.2, 0.25) is 5.89 Å². The van der Waals surface area contributed by atoms with E-state index in [1.54, 1.807) is 0 Å². The van der Waals surface area contributed by atoms with Crippen LogP contribution in [0, 0.1) is 6.92 Å². The summed E-state index contributed by atoms with van der Waals surface area (Å²) in [6.45, 7) is 7.07. The normalized spacial score (nSPS) is 23.3. The zero-order valence-corrected chi connectivity index (χ0v) is 12.6. The first kappa shape index (κ1) is 14.2. The summed E-state index contributed by atoms with van der Waals surface area (Å²) in [6, 6.07) is 11.6. The summed E-state index contributed by atoms with van der Waals surface area (Å²) in [6.07, 6.45) is 0.836. The van der Waals surface area contributed by atoms with Gasteiger partial charge in [-0.25, -0.2) is 0 Å². The minimum absolute atomic E-state index is 0.398. The van der Waals surface area contributed by atoms with Crippen molar-refractivity contribution in [2.45, 2.75) is 32.4 Å². The molecular formula is C16H22N4O.